The van der Waals surface area contributed by atoms with E-state index in [0.29, 0.717) is 18.4 Å². The molecule has 0 unspecified atom stereocenters. The molecule has 13 heavy (non-hydrogen) atoms. The number of aliphatic hydroxyl groups excluding tert-OH is 1. The Labute approximate surface area is 84.2 Å². The fourth-order valence-electron chi connectivity index (χ4n) is 1.21. The molecule has 5 heteroatoms. The van der Waals surface area contributed by atoms with Crippen LogP contribution in [0.4, 0.5) is 5.95 Å². The van der Waals surface area contributed by atoms with Gasteiger partial charge >= 0.3 is 0 Å². The molecule has 1 heterocycles. The molecule has 0 saturated carbocycles. The van der Waals surface area contributed by atoms with Crippen molar-refractivity contribution in [3.05, 3.63) is 11.9 Å². The van der Waals surface area contributed by atoms with Crippen LogP contribution in [0.15, 0.2) is 6.20 Å². The molecule has 0 saturated heterocycles. The lowest BCUT2D eigenvalue weighted by atomic mass is 10.1. The molecule has 0 aliphatic heterocycles. The molecule has 0 aliphatic rings. The Bertz CT molecular complexity index is 260. The predicted molar refractivity (Wildman–Crippen MR) is 55.1 cm³/mol. The van der Waals surface area contributed by atoms with Crippen LogP contribution < -0.4 is 5.73 Å². The Balaban J connectivity index is 0.00000144. The van der Waals surface area contributed by atoms with Crippen molar-refractivity contribution in [2.24, 2.45) is 0 Å². The third-order valence-electron chi connectivity index (χ3n) is 1.83. The molecule has 0 fully saturated rings. The van der Waals surface area contributed by atoms with Crippen molar-refractivity contribution in [1.82, 2.24) is 9.55 Å². The SMILES string of the molecule is CC(C)c1cnc(N)n1CCO.Cl. The van der Waals surface area contributed by atoms with Gasteiger partial charge < -0.3 is 15.4 Å². The van der Waals surface area contributed by atoms with Crippen molar-refractivity contribution in [2.75, 3.05) is 12.3 Å². The van der Waals surface area contributed by atoms with E-state index in [0.717, 1.165) is 5.69 Å². The molecule has 76 valence electrons. The number of imidazole rings is 1. The zero-order chi connectivity index (χ0) is 9.14. The second kappa shape index (κ2) is 5.09. The number of rotatable bonds is 3. The largest absolute Gasteiger partial charge is 0.395 e. The number of aromatic nitrogens is 2. The van der Waals surface area contributed by atoms with Crippen LogP contribution in [0, 0.1) is 0 Å². The number of halogens is 1. The van der Waals surface area contributed by atoms with Gasteiger partial charge in [0.05, 0.1) is 12.8 Å². The van der Waals surface area contributed by atoms with Crippen molar-refractivity contribution < 1.29 is 5.11 Å². The first-order valence-electron chi connectivity index (χ1n) is 4.08. The van der Waals surface area contributed by atoms with E-state index in [9.17, 15) is 0 Å². The van der Waals surface area contributed by atoms with E-state index in [1.165, 1.54) is 0 Å². The van der Waals surface area contributed by atoms with E-state index in [1.807, 2.05) is 4.57 Å². The molecular formula is C8H16ClN3O. The summed E-state index contributed by atoms with van der Waals surface area (Å²) in [6.45, 7) is 4.77. The molecule has 4 nitrogen and oxygen atoms in total. The minimum absolute atomic E-state index is 0. The number of nitrogens with zero attached hydrogens (tertiary/aromatic N) is 2. The zero-order valence-corrected chi connectivity index (χ0v) is 8.71. The Hall–Kier alpha value is -0.740. The van der Waals surface area contributed by atoms with Gasteiger partial charge in [-0.25, -0.2) is 4.98 Å². The van der Waals surface area contributed by atoms with Crippen molar-refractivity contribution in [3.8, 4) is 0 Å². The molecule has 0 radical (unpaired) electrons. The first kappa shape index (κ1) is 12.3. The third-order valence-corrected chi connectivity index (χ3v) is 1.83. The lowest BCUT2D eigenvalue weighted by Crippen LogP contribution is -2.10. The van der Waals surface area contributed by atoms with Crippen LogP contribution in [0.5, 0.6) is 0 Å². The quantitative estimate of drug-likeness (QED) is 0.774. The molecule has 0 spiro atoms. The van der Waals surface area contributed by atoms with E-state index in [4.69, 9.17) is 10.8 Å². The van der Waals surface area contributed by atoms with Gasteiger partial charge in [-0.15, -0.1) is 12.4 Å². The number of anilines is 1. The van der Waals surface area contributed by atoms with Crippen LogP contribution in [-0.2, 0) is 6.54 Å². The summed E-state index contributed by atoms with van der Waals surface area (Å²) in [5.41, 5.74) is 6.68. The lowest BCUT2D eigenvalue weighted by molar-refractivity contribution is 0.275. The molecule has 0 aromatic carbocycles. The highest BCUT2D eigenvalue weighted by molar-refractivity contribution is 5.85. The maximum atomic E-state index is 8.76. The Morgan fingerprint density at radius 3 is 2.69 bits per heavy atom. The Morgan fingerprint density at radius 1 is 1.62 bits per heavy atom. The minimum atomic E-state index is 0. The highest BCUT2D eigenvalue weighted by Gasteiger charge is 2.09. The van der Waals surface area contributed by atoms with Gasteiger partial charge in [-0.1, -0.05) is 13.8 Å². The second-order valence-electron chi connectivity index (χ2n) is 3.07. The monoisotopic (exact) mass is 205 g/mol. The summed E-state index contributed by atoms with van der Waals surface area (Å²) >= 11 is 0. The van der Waals surface area contributed by atoms with E-state index >= 15 is 0 Å². The molecule has 0 atom stereocenters. The highest BCUT2D eigenvalue weighted by Crippen LogP contribution is 2.16. The predicted octanol–water partition coefficient (Wildman–Crippen LogP) is 1.00. The Morgan fingerprint density at radius 2 is 2.23 bits per heavy atom. The van der Waals surface area contributed by atoms with Gasteiger partial charge in [-0.2, -0.15) is 0 Å². The van der Waals surface area contributed by atoms with Gasteiger partial charge in [0, 0.05) is 12.2 Å². The number of nitrogen functional groups attached to an aromatic ring is 1. The minimum Gasteiger partial charge on any atom is -0.395 e. The van der Waals surface area contributed by atoms with E-state index in [-0.39, 0.29) is 19.0 Å². The van der Waals surface area contributed by atoms with Gasteiger partial charge in [0.1, 0.15) is 0 Å². The summed E-state index contributed by atoms with van der Waals surface area (Å²) < 4.78 is 1.84. The maximum Gasteiger partial charge on any atom is 0.200 e. The number of aliphatic hydroxyl groups is 1. The smallest absolute Gasteiger partial charge is 0.200 e. The first-order valence-corrected chi connectivity index (χ1v) is 4.08. The fraction of sp³-hybridized carbons (Fsp3) is 0.625. The number of hydrogen-bond donors (Lipinski definition) is 2. The summed E-state index contributed by atoms with van der Waals surface area (Å²) in [7, 11) is 0. The standard InChI is InChI=1S/C8H15N3O.ClH/c1-6(2)7-5-10-8(9)11(7)3-4-12;/h5-6,12H,3-4H2,1-2H3,(H2,9,10);1H. The number of hydrogen-bond acceptors (Lipinski definition) is 3. The van der Waals surface area contributed by atoms with Gasteiger partial charge in [0.15, 0.2) is 5.95 Å². The van der Waals surface area contributed by atoms with Crippen LogP contribution in [-0.4, -0.2) is 21.3 Å². The van der Waals surface area contributed by atoms with Crippen LogP contribution in [0.1, 0.15) is 25.5 Å². The summed E-state index contributed by atoms with van der Waals surface area (Å²) in [5.74, 6) is 0.870. The average molecular weight is 206 g/mol. The molecule has 0 amide bonds. The van der Waals surface area contributed by atoms with Crippen LogP contribution in [0.25, 0.3) is 0 Å². The van der Waals surface area contributed by atoms with Crippen LogP contribution >= 0.6 is 12.4 Å². The summed E-state index contributed by atoms with van der Waals surface area (Å²) in [6, 6.07) is 0. The Kier molecular flexibility index (Phi) is 4.80. The zero-order valence-electron chi connectivity index (χ0n) is 7.90. The van der Waals surface area contributed by atoms with Crippen molar-refractivity contribution in [2.45, 2.75) is 26.3 Å². The van der Waals surface area contributed by atoms with Gasteiger partial charge in [0.25, 0.3) is 0 Å². The third kappa shape index (κ3) is 2.60. The van der Waals surface area contributed by atoms with Crippen molar-refractivity contribution in [3.63, 3.8) is 0 Å². The molecule has 0 aliphatic carbocycles. The van der Waals surface area contributed by atoms with Gasteiger partial charge in [0.2, 0.25) is 0 Å². The lowest BCUT2D eigenvalue weighted by Gasteiger charge is -2.09. The van der Waals surface area contributed by atoms with Crippen LogP contribution in [0.2, 0.25) is 0 Å². The van der Waals surface area contributed by atoms with E-state index in [1.54, 1.807) is 6.20 Å². The molecule has 3 N–H and O–H groups in total. The van der Waals surface area contributed by atoms with Gasteiger partial charge in [-0.05, 0) is 5.92 Å². The van der Waals surface area contributed by atoms with Crippen molar-refractivity contribution >= 4 is 18.4 Å². The summed E-state index contributed by atoms with van der Waals surface area (Å²) in [6.07, 6.45) is 1.76. The summed E-state index contributed by atoms with van der Waals surface area (Å²) in [5, 5.41) is 8.76. The fourth-order valence-corrected chi connectivity index (χ4v) is 1.21. The van der Waals surface area contributed by atoms with Gasteiger partial charge in [-0.3, -0.25) is 0 Å². The summed E-state index contributed by atoms with van der Waals surface area (Å²) in [4.78, 5) is 3.99. The normalized spacial score (nSPS) is 10.2. The van der Waals surface area contributed by atoms with Crippen molar-refractivity contribution in [1.29, 1.82) is 0 Å². The number of nitrogens with two attached hydrogens (primary N) is 1. The second-order valence-corrected chi connectivity index (χ2v) is 3.07. The molecular weight excluding hydrogens is 190 g/mol. The van der Waals surface area contributed by atoms with E-state index < -0.39 is 0 Å². The van der Waals surface area contributed by atoms with E-state index in [2.05, 4.69) is 18.8 Å². The molecule has 1 aromatic heterocycles. The molecule has 0 bridgehead atoms. The average Bonchev–Trinajstić information content (AvgIpc) is 2.34. The molecule has 1 aromatic rings. The topological polar surface area (TPSA) is 64.1 Å². The maximum absolute atomic E-state index is 8.76. The van der Waals surface area contributed by atoms with Crippen LogP contribution in [0.3, 0.4) is 0 Å². The first-order chi connectivity index (χ1) is 5.66. The molecule has 1 rings (SSSR count). The highest BCUT2D eigenvalue weighted by atomic mass is 35.5.